The van der Waals surface area contributed by atoms with E-state index in [-0.39, 0.29) is 24.2 Å². The normalized spacial score (nSPS) is 16.7. The molecular weight excluding hydrogens is 312 g/mol. The zero-order chi connectivity index (χ0) is 17.5. The van der Waals surface area contributed by atoms with Gasteiger partial charge in [-0.1, -0.05) is 0 Å². The summed E-state index contributed by atoms with van der Waals surface area (Å²) >= 11 is 0. The first-order chi connectivity index (χ1) is 11.5. The Morgan fingerprint density at radius 2 is 2.21 bits per heavy atom. The minimum Gasteiger partial charge on any atom is -0.497 e. The molecule has 0 spiro atoms. The van der Waals surface area contributed by atoms with E-state index in [1.54, 1.807) is 39.3 Å². The summed E-state index contributed by atoms with van der Waals surface area (Å²) < 4.78 is 10.4. The summed E-state index contributed by atoms with van der Waals surface area (Å²) in [5, 5.41) is 7.76. The maximum atomic E-state index is 11.8. The SMILES string of the molecule is COc1ccc(/C=N\NC(=O)CC[C@H]2C(=O)NN=C2C)c(OC)c1. The summed E-state index contributed by atoms with van der Waals surface area (Å²) in [6.45, 7) is 1.76. The Bertz CT molecular complexity index is 685. The van der Waals surface area contributed by atoms with Crippen LogP contribution in [0, 0.1) is 5.92 Å². The van der Waals surface area contributed by atoms with Crippen LogP contribution in [0.2, 0.25) is 0 Å². The van der Waals surface area contributed by atoms with Gasteiger partial charge in [-0.25, -0.2) is 10.9 Å². The Hall–Kier alpha value is -2.90. The molecule has 1 aromatic carbocycles. The smallest absolute Gasteiger partial charge is 0.248 e. The molecule has 0 aliphatic carbocycles. The van der Waals surface area contributed by atoms with Crippen LogP contribution >= 0.6 is 0 Å². The van der Waals surface area contributed by atoms with E-state index in [0.29, 0.717) is 29.2 Å². The molecule has 0 radical (unpaired) electrons. The van der Waals surface area contributed by atoms with Crippen molar-refractivity contribution < 1.29 is 19.1 Å². The number of nitrogens with one attached hydrogen (secondary N) is 2. The molecule has 2 amide bonds. The molecule has 8 nitrogen and oxygen atoms in total. The molecule has 8 heteroatoms. The number of rotatable bonds is 7. The van der Waals surface area contributed by atoms with Gasteiger partial charge in [0.15, 0.2) is 0 Å². The van der Waals surface area contributed by atoms with Gasteiger partial charge in [-0.05, 0) is 25.5 Å². The van der Waals surface area contributed by atoms with Gasteiger partial charge in [0.1, 0.15) is 11.5 Å². The molecule has 0 saturated heterocycles. The highest BCUT2D eigenvalue weighted by Gasteiger charge is 2.26. The van der Waals surface area contributed by atoms with Gasteiger partial charge in [-0.2, -0.15) is 10.2 Å². The highest BCUT2D eigenvalue weighted by Crippen LogP contribution is 2.23. The molecule has 0 saturated carbocycles. The van der Waals surface area contributed by atoms with E-state index in [1.165, 1.54) is 6.21 Å². The van der Waals surface area contributed by atoms with Crippen molar-refractivity contribution in [1.29, 1.82) is 0 Å². The number of nitrogens with zero attached hydrogens (tertiary/aromatic N) is 2. The van der Waals surface area contributed by atoms with E-state index in [2.05, 4.69) is 21.1 Å². The Kier molecular flexibility index (Phi) is 5.89. The standard InChI is InChI=1S/C16H20N4O4/c1-10-13(16(22)20-18-10)6-7-15(21)19-17-9-11-4-5-12(23-2)8-14(11)24-3/h4-5,8-9,13H,6-7H2,1-3H3,(H,19,21)(H,20,22)/b17-9-/t13-/m1/s1. The van der Waals surface area contributed by atoms with Crippen molar-refractivity contribution in [3.05, 3.63) is 23.8 Å². The topological polar surface area (TPSA) is 101 Å². The third-order valence-corrected chi connectivity index (χ3v) is 3.66. The number of carbonyl (C=O) groups is 2. The summed E-state index contributed by atoms with van der Waals surface area (Å²) in [5.41, 5.74) is 6.23. The van der Waals surface area contributed by atoms with Gasteiger partial charge in [0.2, 0.25) is 11.8 Å². The van der Waals surface area contributed by atoms with Crippen LogP contribution in [0.5, 0.6) is 11.5 Å². The van der Waals surface area contributed by atoms with Crippen LogP contribution in [-0.2, 0) is 9.59 Å². The monoisotopic (exact) mass is 332 g/mol. The van der Waals surface area contributed by atoms with Crippen LogP contribution in [0.25, 0.3) is 0 Å². The predicted octanol–water partition coefficient (Wildman–Crippen LogP) is 1.06. The second kappa shape index (κ2) is 8.09. The molecule has 1 aliphatic heterocycles. The summed E-state index contributed by atoms with van der Waals surface area (Å²) in [5.74, 6) is 0.459. The lowest BCUT2D eigenvalue weighted by molar-refractivity contribution is -0.123. The van der Waals surface area contributed by atoms with Crippen molar-refractivity contribution in [1.82, 2.24) is 10.9 Å². The number of hydrazone groups is 2. The van der Waals surface area contributed by atoms with Crippen molar-refractivity contribution in [2.75, 3.05) is 14.2 Å². The second-order valence-corrected chi connectivity index (χ2v) is 5.22. The van der Waals surface area contributed by atoms with E-state index >= 15 is 0 Å². The van der Waals surface area contributed by atoms with Gasteiger partial charge in [0.25, 0.3) is 0 Å². The quantitative estimate of drug-likeness (QED) is 0.576. The van der Waals surface area contributed by atoms with Crippen LogP contribution in [0.3, 0.4) is 0 Å². The van der Waals surface area contributed by atoms with Gasteiger partial charge >= 0.3 is 0 Å². The van der Waals surface area contributed by atoms with Crippen LogP contribution in [0.4, 0.5) is 0 Å². The Morgan fingerprint density at radius 3 is 2.83 bits per heavy atom. The van der Waals surface area contributed by atoms with Gasteiger partial charge in [-0.3, -0.25) is 9.59 Å². The highest BCUT2D eigenvalue weighted by atomic mass is 16.5. The summed E-state index contributed by atoms with van der Waals surface area (Å²) in [6.07, 6.45) is 2.07. The zero-order valence-corrected chi connectivity index (χ0v) is 13.8. The van der Waals surface area contributed by atoms with E-state index in [4.69, 9.17) is 9.47 Å². The van der Waals surface area contributed by atoms with Crippen molar-refractivity contribution in [3.63, 3.8) is 0 Å². The lowest BCUT2D eigenvalue weighted by atomic mass is 9.99. The van der Waals surface area contributed by atoms with E-state index in [1.807, 2.05) is 0 Å². The third kappa shape index (κ3) is 4.31. The minimum atomic E-state index is -0.346. The fourth-order valence-electron chi connectivity index (χ4n) is 2.26. The van der Waals surface area contributed by atoms with Crippen LogP contribution < -0.4 is 20.3 Å². The molecule has 1 atom stereocenters. The first-order valence-corrected chi connectivity index (χ1v) is 7.43. The summed E-state index contributed by atoms with van der Waals surface area (Å²) in [4.78, 5) is 23.3. The lowest BCUT2D eigenvalue weighted by Gasteiger charge is -2.07. The fourth-order valence-corrected chi connectivity index (χ4v) is 2.26. The van der Waals surface area contributed by atoms with Crippen LogP contribution in [-0.4, -0.2) is 38.0 Å². The summed E-state index contributed by atoms with van der Waals surface area (Å²) in [6, 6.07) is 5.27. The lowest BCUT2D eigenvalue weighted by Crippen LogP contribution is -2.25. The molecule has 0 fully saturated rings. The van der Waals surface area contributed by atoms with E-state index < -0.39 is 0 Å². The third-order valence-electron chi connectivity index (χ3n) is 3.66. The van der Waals surface area contributed by atoms with Crippen molar-refractivity contribution in [2.45, 2.75) is 19.8 Å². The first kappa shape index (κ1) is 17.5. The molecule has 2 N–H and O–H groups in total. The average Bonchev–Trinajstić information content (AvgIpc) is 2.91. The predicted molar refractivity (Wildman–Crippen MR) is 89.3 cm³/mol. The Balaban J connectivity index is 1.86. The Morgan fingerprint density at radius 1 is 1.42 bits per heavy atom. The highest BCUT2D eigenvalue weighted by molar-refractivity contribution is 6.07. The van der Waals surface area contributed by atoms with Crippen LogP contribution in [0.15, 0.2) is 28.4 Å². The van der Waals surface area contributed by atoms with Gasteiger partial charge in [0, 0.05) is 23.8 Å². The van der Waals surface area contributed by atoms with E-state index in [9.17, 15) is 9.59 Å². The molecule has 0 bridgehead atoms. The summed E-state index contributed by atoms with van der Waals surface area (Å²) in [7, 11) is 3.11. The minimum absolute atomic E-state index is 0.174. The number of carbonyl (C=O) groups excluding carboxylic acids is 2. The molecule has 24 heavy (non-hydrogen) atoms. The van der Waals surface area contributed by atoms with Crippen molar-refractivity contribution in [3.8, 4) is 11.5 Å². The molecule has 128 valence electrons. The molecule has 0 aromatic heterocycles. The molecule has 0 unspecified atom stereocenters. The van der Waals surface area contributed by atoms with Gasteiger partial charge in [0.05, 0.1) is 26.4 Å². The van der Waals surface area contributed by atoms with E-state index in [0.717, 1.165) is 0 Å². The van der Waals surface area contributed by atoms with Gasteiger partial charge in [-0.15, -0.1) is 0 Å². The fraction of sp³-hybridized carbons (Fsp3) is 0.375. The molecular formula is C16H20N4O4. The molecule has 2 rings (SSSR count). The maximum Gasteiger partial charge on any atom is 0.248 e. The van der Waals surface area contributed by atoms with Gasteiger partial charge < -0.3 is 9.47 Å². The van der Waals surface area contributed by atoms with Crippen molar-refractivity contribution >= 4 is 23.7 Å². The number of methoxy groups -OCH3 is 2. The molecule has 1 aliphatic rings. The molecule has 1 heterocycles. The maximum absolute atomic E-state index is 11.8. The largest absolute Gasteiger partial charge is 0.497 e. The number of hydrogen-bond acceptors (Lipinski definition) is 6. The number of ether oxygens (including phenoxy) is 2. The molecule has 1 aromatic rings. The number of benzene rings is 1. The first-order valence-electron chi connectivity index (χ1n) is 7.43. The zero-order valence-electron chi connectivity index (χ0n) is 13.8. The number of amides is 2. The van der Waals surface area contributed by atoms with Crippen LogP contribution in [0.1, 0.15) is 25.3 Å². The Labute approximate surface area is 139 Å². The second-order valence-electron chi connectivity index (χ2n) is 5.22. The number of hydrogen-bond donors (Lipinski definition) is 2. The average molecular weight is 332 g/mol. The van der Waals surface area contributed by atoms with Crippen molar-refractivity contribution in [2.24, 2.45) is 16.1 Å².